The molecule has 0 unspecified atom stereocenters. The first-order valence-corrected chi connectivity index (χ1v) is 9.99. The number of guanidine groups is 1. The first-order valence-electron chi connectivity index (χ1n) is 9.99. The molecule has 31 heavy (non-hydrogen) atoms. The quantitative estimate of drug-likeness (QED) is 0.407. The Bertz CT molecular complexity index is 993. The number of hydrogen-bond acceptors (Lipinski definition) is 5. The van der Waals surface area contributed by atoms with Crippen LogP contribution in [0.15, 0.2) is 71.9 Å². The molecule has 1 aromatic heterocycles. The van der Waals surface area contributed by atoms with E-state index in [4.69, 9.17) is 14.2 Å². The minimum Gasteiger partial charge on any atom is -0.493 e. The Labute approximate surface area is 183 Å². The maximum absolute atomic E-state index is 5.85. The van der Waals surface area contributed by atoms with Crippen molar-refractivity contribution in [3.05, 3.63) is 83.7 Å². The molecule has 0 fully saturated rings. The van der Waals surface area contributed by atoms with Crippen LogP contribution in [0.25, 0.3) is 0 Å². The zero-order chi connectivity index (χ0) is 21.9. The number of methoxy groups -OCH3 is 2. The van der Waals surface area contributed by atoms with Gasteiger partial charge in [-0.15, -0.1) is 0 Å². The van der Waals surface area contributed by atoms with E-state index in [0.717, 1.165) is 22.6 Å². The monoisotopic (exact) mass is 420 g/mol. The van der Waals surface area contributed by atoms with E-state index in [1.165, 1.54) is 0 Å². The van der Waals surface area contributed by atoms with Crippen LogP contribution in [0.4, 0.5) is 0 Å². The highest BCUT2D eigenvalue weighted by molar-refractivity contribution is 5.79. The number of hydrogen-bond donors (Lipinski definition) is 2. The predicted molar refractivity (Wildman–Crippen MR) is 122 cm³/mol. The van der Waals surface area contributed by atoms with Crippen LogP contribution in [0.1, 0.15) is 16.8 Å². The molecule has 0 aliphatic rings. The van der Waals surface area contributed by atoms with Crippen LogP contribution in [0.5, 0.6) is 17.2 Å². The van der Waals surface area contributed by atoms with Crippen LogP contribution in [-0.2, 0) is 19.7 Å². The summed E-state index contributed by atoms with van der Waals surface area (Å²) in [5.41, 5.74) is 3.05. The lowest BCUT2D eigenvalue weighted by Gasteiger charge is -2.14. The van der Waals surface area contributed by atoms with Gasteiger partial charge in [0.05, 0.1) is 19.9 Å². The van der Waals surface area contributed by atoms with Crippen LogP contribution >= 0.6 is 0 Å². The Morgan fingerprint density at radius 1 is 0.871 bits per heavy atom. The van der Waals surface area contributed by atoms with Crippen molar-refractivity contribution >= 4 is 5.96 Å². The van der Waals surface area contributed by atoms with Crippen molar-refractivity contribution in [2.24, 2.45) is 4.99 Å². The Kier molecular flexibility index (Phi) is 8.11. The molecule has 0 amide bonds. The molecule has 2 aromatic carbocycles. The second-order valence-corrected chi connectivity index (χ2v) is 6.73. The molecule has 162 valence electrons. The molecule has 0 saturated heterocycles. The standard InChI is InChI=1S/C24H28N4O3/c1-25-24(28-16-19-10-11-22(29-2)23(14-19)30-3)27-15-18-7-6-9-21(13-18)31-17-20-8-4-5-12-26-20/h4-14H,15-17H2,1-3H3,(H2,25,27,28). The summed E-state index contributed by atoms with van der Waals surface area (Å²) in [7, 11) is 5.00. The third-order valence-electron chi connectivity index (χ3n) is 4.60. The van der Waals surface area contributed by atoms with Crippen molar-refractivity contribution in [1.82, 2.24) is 15.6 Å². The smallest absolute Gasteiger partial charge is 0.191 e. The van der Waals surface area contributed by atoms with E-state index in [9.17, 15) is 0 Å². The maximum Gasteiger partial charge on any atom is 0.191 e. The van der Waals surface area contributed by atoms with Crippen LogP contribution < -0.4 is 24.8 Å². The molecule has 0 radical (unpaired) electrons. The first-order chi connectivity index (χ1) is 15.2. The van der Waals surface area contributed by atoms with Gasteiger partial charge in [-0.3, -0.25) is 9.98 Å². The van der Waals surface area contributed by atoms with E-state index in [0.29, 0.717) is 37.2 Å². The van der Waals surface area contributed by atoms with Crippen molar-refractivity contribution in [1.29, 1.82) is 0 Å². The minimum atomic E-state index is 0.437. The second kappa shape index (κ2) is 11.4. The van der Waals surface area contributed by atoms with E-state index in [-0.39, 0.29) is 0 Å². The molecule has 0 saturated carbocycles. The maximum atomic E-state index is 5.85. The van der Waals surface area contributed by atoms with Gasteiger partial charge in [-0.25, -0.2) is 0 Å². The zero-order valence-corrected chi connectivity index (χ0v) is 18.1. The van der Waals surface area contributed by atoms with Crippen molar-refractivity contribution in [3.8, 4) is 17.2 Å². The third-order valence-corrected chi connectivity index (χ3v) is 4.60. The largest absolute Gasteiger partial charge is 0.493 e. The van der Waals surface area contributed by atoms with Crippen LogP contribution in [0.3, 0.4) is 0 Å². The lowest BCUT2D eigenvalue weighted by molar-refractivity contribution is 0.301. The van der Waals surface area contributed by atoms with E-state index in [1.54, 1.807) is 27.5 Å². The van der Waals surface area contributed by atoms with E-state index in [1.807, 2.05) is 60.7 Å². The van der Waals surface area contributed by atoms with Gasteiger partial charge in [0.2, 0.25) is 0 Å². The van der Waals surface area contributed by atoms with Gasteiger partial charge in [0.25, 0.3) is 0 Å². The van der Waals surface area contributed by atoms with Gasteiger partial charge in [0.1, 0.15) is 12.4 Å². The Morgan fingerprint density at radius 3 is 2.32 bits per heavy atom. The van der Waals surface area contributed by atoms with E-state index < -0.39 is 0 Å². The number of nitrogens with zero attached hydrogens (tertiary/aromatic N) is 2. The summed E-state index contributed by atoms with van der Waals surface area (Å²) in [5.74, 6) is 2.92. The topological polar surface area (TPSA) is 77.0 Å². The SMILES string of the molecule is CN=C(NCc1cccc(OCc2ccccn2)c1)NCc1ccc(OC)c(OC)c1. The molecule has 1 heterocycles. The van der Waals surface area contributed by atoms with Crippen molar-refractivity contribution < 1.29 is 14.2 Å². The number of ether oxygens (including phenoxy) is 3. The van der Waals surface area contributed by atoms with Crippen molar-refractivity contribution in [2.75, 3.05) is 21.3 Å². The fourth-order valence-corrected chi connectivity index (χ4v) is 2.97. The number of rotatable bonds is 9. The summed E-state index contributed by atoms with van der Waals surface area (Å²) in [6.45, 7) is 1.66. The summed E-state index contributed by atoms with van der Waals surface area (Å²) >= 11 is 0. The number of aliphatic imine (C=N–C) groups is 1. The summed E-state index contributed by atoms with van der Waals surface area (Å²) in [5, 5.41) is 6.63. The Balaban J connectivity index is 1.51. The molecule has 3 rings (SSSR count). The summed E-state index contributed by atoms with van der Waals surface area (Å²) in [6.07, 6.45) is 1.76. The minimum absolute atomic E-state index is 0.437. The van der Waals surface area contributed by atoms with Gasteiger partial charge in [0, 0.05) is 26.3 Å². The average molecular weight is 421 g/mol. The van der Waals surface area contributed by atoms with Crippen LogP contribution in [0.2, 0.25) is 0 Å². The van der Waals surface area contributed by atoms with Crippen LogP contribution in [-0.4, -0.2) is 32.2 Å². The fourth-order valence-electron chi connectivity index (χ4n) is 2.97. The fraction of sp³-hybridized carbons (Fsp3) is 0.250. The highest BCUT2D eigenvalue weighted by atomic mass is 16.5. The molecule has 0 aliphatic heterocycles. The van der Waals surface area contributed by atoms with E-state index >= 15 is 0 Å². The molecule has 7 nitrogen and oxygen atoms in total. The molecule has 2 N–H and O–H groups in total. The van der Waals surface area contributed by atoms with Crippen LogP contribution in [0, 0.1) is 0 Å². The van der Waals surface area contributed by atoms with Gasteiger partial charge >= 0.3 is 0 Å². The highest BCUT2D eigenvalue weighted by Gasteiger charge is 2.06. The second-order valence-electron chi connectivity index (χ2n) is 6.73. The normalized spacial score (nSPS) is 11.0. The van der Waals surface area contributed by atoms with Gasteiger partial charge in [-0.1, -0.05) is 24.3 Å². The number of aromatic nitrogens is 1. The molecule has 0 spiro atoms. The molecule has 0 aliphatic carbocycles. The lowest BCUT2D eigenvalue weighted by atomic mass is 10.2. The lowest BCUT2D eigenvalue weighted by Crippen LogP contribution is -2.36. The molecule has 0 atom stereocenters. The summed E-state index contributed by atoms with van der Waals surface area (Å²) < 4.78 is 16.5. The number of pyridine rings is 1. The predicted octanol–water partition coefficient (Wildman–Crippen LogP) is 3.54. The zero-order valence-electron chi connectivity index (χ0n) is 18.1. The van der Waals surface area contributed by atoms with Gasteiger partial charge in [-0.2, -0.15) is 0 Å². The molecular formula is C24H28N4O3. The number of nitrogens with one attached hydrogen (secondary N) is 2. The van der Waals surface area contributed by atoms with Gasteiger partial charge in [-0.05, 0) is 47.5 Å². The molecule has 7 heteroatoms. The van der Waals surface area contributed by atoms with E-state index in [2.05, 4.69) is 20.6 Å². The Hall–Kier alpha value is -3.74. The van der Waals surface area contributed by atoms with Crippen molar-refractivity contribution in [2.45, 2.75) is 19.7 Å². The highest BCUT2D eigenvalue weighted by Crippen LogP contribution is 2.27. The average Bonchev–Trinajstić information content (AvgIpc) is 2.83. The third kappa shape index (κ3) is 6.64. The summed E-state index contributed by atoms with van der Waals surface area (Å²) in [4.78, 5) is 8.57. The number of benzene rings is 2. The Morgan fingerprint density at radius 2 is 1.65 bits per heavy atom. The van der Waals surface area contributed by atoms with Gasteiger partial charge in [0.15, 0.2) is 17.5 Å². The van der Waals surface area contributed by atoms with Gasteiger partial charge < -0.3 is 24.8 Å². The molecule has 0 bridgehead atoms. The molecule has 3 aromatic rings. The molecular weight excluding hydrogens is 392 g/mol. The first kappa shape index (κ1) is 22.0. The summed E-state index contributed by atoms with van der Waals surface area (Å²) in [6, 6.07) is 19.6. The van der Waals surface area contributed by atoms with Crippen molar-refractivity contribution in [3.63, 3.8) is 0 Å².